The lowest BCUT2D eigenvalue weighted by Crippen LogP contribution is -2.52. The van der Waals surface area contributed by atoms with E-state index in [-0.39, 0.29) is 0 Å². The molecule has 2 fully saturated rings. The third kappa shape index (κ3) is 8.37. The van der Waals surface area contributed by atoms with Crippen LogP contribution in [0.2, 0.25) is 0 Å². The van der Waals surface area contributed by atoms with E-state index in [4.69, 9.17) is 9.72 Å². The van der Waals surface area contributed by atoms with E-state index < -0.39 is 10.0 Å². The van der Waals surface area contributed by atoms with E-state index in [2.05, 4.69) is 64.2 Å². The third-order valence-corrected chi connectivity index (χ3v) is 9.04. The first-order valence-electron chi connectivity index (χ1n) is 16.1. The summed E-state index contributed by atoms with van der Waals surface area (Å²) in [6, 6.07) is 10.3. The van der Waals surface area contributed by atoms with Crippen molar-refractivity contribution in [3.8, 4) is 5.75 Å². The van der Waals surface area contributed by atoms with Crippen LogP contribution in [0.5, 0.6) is 5.75 Å². The van der Waals surface area contributed by atoms with Crippen LogP contribution in [0.4, 0.5) is 34.5 Å². The average Bonchev–Trinajstić information content (AvgIpc) is 3.08. The number of aromatic nitrogens is 4. The van der Waals surface area contributed by atoms with Gasteiger partial charge in [0, 0.05) is 81.2 Å². The highest BCUT2D eigenvalue weighted by Crippen LogP contribution is 2.35. The van der Waals surface area contributed by atoms with Crippen LogP contribution in [-0.4, -0.2) is 104 Å². The molecule has 0 bridgehead atoms. The van der Waals surface area contributed by atoms with Crippen LogP contribution in [0.1, 0.15) is 32.3 Å². The van der Waals surface area contributed by atoms with Gasteiger partial charge in [0.2, 0.25) is 16.0 Å². The smallest absolute Gasteiger partial charge is 0.229 e. The second kappa shape index (κ2) is 15.1. The molecule has 13 nitrogen and oxygen atoms in total. The van der Waals surface area contributed by atoms with Gasteiger partial charge in [0.1, 0.15) is 17.1 Å². The Balaban J connectivity index is 0.00000213. The largest absolute Gasteiger partial charge is 0.494 e. The molecule has 2 aromatic carbocycles. The van der Waals surface area contributed by atoms with Crippen molar-refractivity contribution in [1.29, 1.82) is 0 Å². The van der Waals surface area contributed by atoms with Gasteiger partial charge in [-0.15, -0.1) is 0 Å². The Labute approximate surface area is 277 Å². The molecule has 2 aromatic heterocycles. The van der Waals surface area contributed by atoms with Crippen molar-refractivity contribution in [3.63, 3.8) is 0 Å². The minimum absolute atomic E-state index is 0.292. The summed E-state index contributed by atoms with van der Waals surface area (Å²) in [7, 11) is 0.263. The predicted octanol–water partition coefficient (Wildman–Crippen LogP) is 4.84. The van der Waals surface area contributed by atoms with Gasteiger partial charge in [-0.25, -0.2) is 13.4 Å². The highest BCUT2D eigenvalue weighted by atomic mass is 32.2. The predicted molar refractivity (Wildman–Crippen MR) is 190 cm³/mol. The summed E-state index contributed by atoms with van der Waals surface area (Å²) in [5.41, 5.74) is 4.40. The van der Waals surface area contributed by atoms with Crippen molar-refractivity contribution >= 4 is 55.6 Å². The van der Waals surface area contributed by atoms with Crippen molar-refractivity contribution < 1.29 is 13.2 Å². The molecule has 6 rings (SSSR count). The van der Waals surface area contributed by atoms with Crippen molar-refractivity contribution in [3.05, 3.63) is 54.5 Å². The molecule has 252 valence electrons. The van der Waals surface area contributed by atoms with Crippen molar-refractivity contribution in [2.24, 2.45) is 0 Å². The minimum atomic E-state index is -3.60. The lowest BCUT2D eigenvalue weighted by Gasteiger charge is -2.42. The fourth-order valence-corrected chi connectivity index (χ4v) is 6.54. The summed E-state index contributed by atoms with van der Waals surface area (Å²) in [6.07, 6.45) is 8.19. The number of aryl methyl sites for hydroxylation is 1. The van der Waals surface area contributed by atoms with Gasteiger partial charge in [0.15, 0.2) is 0 Å². The molecular formula is C33H46N10O3S. The summed E-state index contributed by atoms with van der Waals surface area (Å²) >= 11 is 0. The van der Waals surface area contributed by atoms with E-state index >= 15 is 0 Å². The van der Waals surface area contributed by atoms with Gasteiger partial charge in [0.05, 0.1) is 35.9 Å². The quantitative estimate of drug-likeness (QED) is 0.226. The van der Waals surface area contributed by atoms with Gasteiger partial charge in [-0.05, 0) is 51.1 Å². The van der Waals surface area contributed by atoms with Crippen LogP contribution < -0.4 is 25.0 Å². The van der Waals surface area contributed by atoms with E-state index in [1.54, 1.807) is 31.6 Å². The molecule has 4 heterocycles. The van der Waals surface area contributed by atoms with Crippen LogP contribution in [0.25, 0.3) is 11.0 Å². The number of benzene rings is 2. The number of piperidine rings is 1. The summed E-state index contributed by atoms with van der Waals surface area (Å²) < 4.78 is 32.8. The molecule has 0 unspecified atom stereocenters. The maximum absolute atomic E-state index is 12.2. The van der Waals surface area contributed by atoms with Crippen molar-refractivity contribution in [2.45, 2.75) is 39.7 Å². The number of methoxy groups -OCH3 is 1. The number of hydrogen-bond acceptors (Lipinski definition) is 12. The van der Waals surface area contributed by atoms with Gasteiger partial charge in [-0.1, -0.05) is 13.8 Å². The van der Waals surface area contributed by atoms with Gasteiger partial charge in [-0.2, -0.15) is 4.98 Å². The molecule has 4 aromatic rings. The normalized spacial score (nSPS) is 16.3. The molecule has 2 saturated heterocycles. The van der Waals surface area contributed by atoms with Gasteiger partial charge >= 0.3 is 0 Å². The highest BCUT2D eigenvalue weighted by Gasteiger charge is 2.27. The van der Waals surface area contributed by atoms with E-state index in [9.17, 15) is 8.42 Å². The van der Waals surface area contributed by atoms with Gasteiger partial charge in [0.25, 0.3) is 0 Å². The number of fused-ring (bicyclic) bond motifs is 1. The van der Waals surface area contributed by atoms with E-state index in [0.717, 1.165) is 75.3 Å². The number of piperazine rings is 1. The minimum Gasteiger partial charge on any atom is -0.494 e. The molecule has 0 aliphatic carbocycles. The van der Waals surface area contributed by atoms with E-state index in [0.29, 0.717) is 46.0 Å². The summed E-state index contributed by atoms with van der Waals surface area (Å²) in [5, 5.41) is 6.56. The number of likely N-dealkylation sites (N-methyl/N-ethyl adjacent to an activating group) is 1. The van der Waals surface area contributed by atoms with Crippen LogP contribution in [0, 0.1) is 6.92 Å². The fraction of sp³-hybridized carbons (Fsp3) is 0.455. The van der Waals surface area contributed by atoms with E-state index in [1.807, 2.05) is 26.8 Å². The summed E-state index contributed by atoms with van der Waals surface area (Å²) in [6.45, 7) is 12.5. The Hall–Kier alpha value is -4.27. The number of sulfonamides is 1. The van der Waals surface area contributed by atoms with Gasteiger partial charge < -0.3 is 25.2 Å². The molecule has 0 amide bonds. The average molecular weight is 663 g/mol. The molecule has 0 spiro atoms. The standard InChI is InChI=1S/C31H40N10O3S.C2H6/c1-21-20-34-31(37-30(21)35-26-8-7-25-28(33-12-11-32-25)29(26)38-45(4,42)43)36-24-6-5-23(19-27(24)44-3)40-13-9-22(10-14-40)41-17-15-39(2)16-18-41;1-2/h5-8,11-12,19-20,22,38H,9-10,13-18H2,1-4H3,(H2,34,35,36,37);1-2H3. The first kappa shape index (κ1) is 34.1. The molecule has 3 N–H and O–H groups in total. The van der Waals surface area contributed by atoms with Gasteiger partial charge in [-0.3, -0.25) is 19.6 Å². The Morgan fingerprint density at radius 1 is 0.894 bits per heavy atom. The Morgan fingerprint density at radius 2 is 1.60 bits per heavy atom. The number of hydrogen-bond donors (Lipinski definition) is 3. The first-order valence-corrected chi connectivity index (χ1v) is 18.0. The van der Waals surface area contributed by atoms with Crippen LogP contribution in [0.3, 0.4) is 0 Å². The molecule has 47 heavy (non-hydrogen) atoms. The molecule has 2 aliphatic heterocycles. The highest BCUT2D eigenvalue weighted by molar-refractivity contribution is 7.92. The number of nitrogens with one attached hydrogen (secondary N) is 3. The van der Waals surface area contributed by atoms with Crippen LogP contribution in [-0.2, 0) is 10.0 Å². The maximum atomic E-state index is 12.2. The number of anilines is 6. The van der Waals surface area contributed by atoms with Crippen molar-refractivity contribution in [1.82, 2.24) is 29.7 Å². The number of rotatable bonds is 9. The summed E-state index contributed by atoms with van der Waals surface area (Å²) in [5.74, 6) is 1.56. The zero-order valence-electron chi connectivity index (χ0n) is 28.1. The van der Waals surface area contributed by atoms with E-state index in [1.165, 1.54) is 6.20 Å². The lowest BCUT2D eigenvalue weighted by molar-refractivity contribution is 0.0982. The molecule has 2 aliphatic rings. The molecule has 0 radical (unpaired) electrons. The Morgan fingerprint density at radius 3 is 2.30 bits per heavy atom. The Kier molecular flexibility index (Phi) is 10.9. The lowest BCUT2D eigenvalue weighted by atomic mass is 10.0. The van der Waals surface area contributed by atoms with Crippen LogP contribution >= 0.6 is 0 Å². The molecular weight excluding hydrogens is 616 g/mol. The topological polar surface area (TPSA) is 141 Å². The molecule has 0 saturated carbocycles. The maximum Gasteiger partial charge on any atom is 0.229 e. The fourth-order valence-electron chi connectivity index (χ4n) is 5.96. The third-order valence-electron chi connectivity index (χ3n) is 8.47. The number of ether oxygens (including phenoxy) is 1. The second-order valence-corrected chi connectivity index (χ2v) is 13.5. The molecule has 14 heteroatoms. The SMILES string of the molecule is CC.COc1cc(N2CCC(N3CCN(C)CC3)CC2)ccc1Nc1ncc(C)c(Nc2ccc3nccnc3c2NS(C)(=O)=O)n1. The zero-order valence-corrected chi connectivity index (χ0v) is 28.9. The summed E-state index contributed by atoms with van der Waals surface area (Å²) in [4.78, 5) is 25.3. The monoisotopic (exact) mass is 662 g/mol. The number of nitrogens with zero attached hydrogens (tertiary/aromatic N) is 7. The second-order valence-electron chi connectivity index (χ2n) is 11.7. The van der Waals surface area contributed by atoms with Crippen LogP contribution in [0.15, 0.2) is 48.9 Å². The Bertz CT molecular complexity index is 1770. The first-order chi connectivity index (χ1) is 22.7. The zero-order chi connectivity index (χ0) is 33.6. The van der Waals surface area contributed by atoms with Crippen molar-refractivity contribution in [2.75, 3.05) is 79.9 Å². The molecule has 0 atom stereocenters.